The molecular weight excluding hydrogens is 373 g/mol. The molecule has 0 spiro atoms. The maximum absolute atomic E-state index is 13.5. The van der Waals surface area contributed by atoms with Gasteiger partial charge in [0.05, 0.1) is 14.2 Å². The SMILES string of the molecule is COc1ccc(NC(=O)c2cn3cc(-c4cccc(F)c4)ccc3n2)cc1OC. The standard InChI is InChI=1S/C22H18FN3O3/c1-28-19-8-7-17(11-20(19)29-2)24-22(27)18-13-26-12-15(6-9-21(26)25-18)14-4-3-5-16(23)10-14/h3-13H,1-2H3,(H,24,27). The molecule has 0 saturated carbocycles. The Balaban J connectivity index is 1.60. The molecule has 0 aliphatic heterocycles. The van der Waals surface area contributed by atoms with Crippen LogP contribution in [-0.4, -0.2) is 29.5 Å². The van der Waals surface area contributed by atoms with Gasteiger partial charge in [-0.2, -0.15) is 0 Å². The number of aromatic nitrogens is 2. The van der Waals surface area contributed by atoms with Gasteiger partial charge < -0.3 is 19.2 Å². The number of carbonyl (C=O) groups is 1. The zero-order valence-electron chi connectivity index (χ0n) is 15.8. The molecule has 0 aliphatic carbocycles. The van der Waals surface area contributed by atoms with Gasteiger partial charge in [0.25, 0.3) is 5.91 Å². The van der Waals surface area contributed by atoms with Crippen LogP contribution in [0.3, 0.4) is 0 Å². The third-order valence-electron chi connectivity index (χ3n) is 4.48. The van der Waals surface area contributed by atoms with E-state index in [1.54, 1.807) is 48.0 Å². The van der Waals surface area contributed by atoms with E-state index in [1.165, 1.54) is 19.2 Å². The number of imidazole rings is 1. The smallest absolute Gasteiger partial charge is 0.275 e. The van der Waals surface area contributed by atoms with Crippen LogP contribution < -0.4 is 14.8 Å². The summed E-state index contributed by atoms with van der Waals surface area (Å²) in [4.78, 5) is 17.0. The van der Waals surface area contributed by atoms with Gasteiger partial charge in [0.1, 0.15) is 17.2 Å². The summed E-state index contributed by atoms with van der Waals surface area (Å²) in [6.07, 6.45) is 3.44. The van der Waals surface area contributed by atoms with Crippen LogP contribution in [0.4, 0.5) is 10.1 Å². The Kier molecular flexibility index (Phi) is 4.87. The van der Waals surface area contributed by atoms with Gasteiger partial charge >= 0.3 is 0 Å². The van der Waals surface area contributed by atoms with Crippen LogP contribution >= 0.6 is 0 Å². The summed E-state index contributed by atoms with van der Waals surface area (Å²) in [5.74, 6) is 0.430. The topological polar surface area (TPSA) is 64.9 Å². The maximum atomic E-state index is 13.5. The van der Waals surface area contributed by atoms with E-state index < -0.39 is 0 Å². The molecule has 2 heterocycles. The summed E-state index contributed by atoms with van der Waals surface area (Å²) >= 11 is 0. The first-order valence-corrected chi connectivity index (χ1v) is 8.85. The van der Waals surface area contributed by atoms with Crippen LogP contribution in [0.25, 0.3) is 16.8 Å². The van der Waals surface area contributed by atoms with Crippen LogP contribution in [0, 0.1) is 5.82 Å². The minimum atomic E-state index is -0.353. The molecule has 1 N–H and O–H groups in total. The highest BCUT2D eigenvalue weighted by atomic mass is 19.1. The van der Waals surface area contributed by atoms with Gasteiger partial charge in [-0.25, -0.2) is 9.37 Å². The Morgan fingerprint density at radius 2 is 1.79 bits per heavy atom. The number of fused-ring (bicyclic) bond motifs is 1. The molecule has 29 heavy (non-hydrogen) atoms. The lowest BCUT2D eigenvalue weighted by molar-refractivity contribution is 0.102. The highest BCUT2D eigenvalue weighted by Crippen LogP contribution is 2.30. The van der Waals surface area contributed by atoms with E-state index in [4.69, 9.17) is 9.47 Å². The van der Waals surface area contributed by atoms with E-state index in [0.717, 1.165) is 11.1 Å². The summed E-state index contributed by atoms with van der Waals surface area (Å²) in [5, 5.41) is 2.80. The van der Waals surface area contributed by atoms with E-state index in [2.05, 4.69) is 10.3 Å². The van der Waals surface area contributed by atoms with Crippen LogP contribution in [-0.2, 0) is 0 Å². The van der Waals surface area contributed by atoms with Crippen molar-refractivity contribution in [3.8, 4) is 22.6 Å². The van der Waals surface area contributed by atoms with Crippen molar-refractivity contribution >= 4 is 17.2 Å². The Hall–Kier alpha value is -3.87. The van der Waals surface area contributed by atoms with Crippen molar-refractivity contribution in [1.29, 1.82) is 0 Å². The molecule has 4 rings (SSSR count). The minimum Gasteiger partial charge on any atom is -0.493 e. The highest BCUT2D eigenvalue weighted by molar-refractivity contribution is 6.03. The first kappa shape index (κ1) is 18.5. The van der Waals surface area contributed by atoms with E-state index >= 15 is 0 Å². The fourth-order valence-electron chi connectivity index (χ4n) is 3.05. The molecule has 0 fully saturated rings. The molecule has 1 amide bonds. The molecule has 2 aromatic heterocycles. The number of hydrogen-bond donors (Lipinski definition) is 1. The number of benzene rings is 2. The minimum absolute atomic E-state index is 0.260. The molecule has 0 saturated heterocycles. The monoisotopic (exact) mass is 391 g/mol. The molecule has 4 aromatic rings. The van der Waals surface area contributed by atoms with Crippen molar-refractivity contribution in [1.82, 2.24) is 9.38 Å². The highest BCUT2D eigenvalue weighted by Gasteiger charge is 2.13. The van der Waals surface area contributed by atoms with Gasteiger partial charge in [-0.05, 0) is 47.5 Å². The molecule has 0 bridgehead atoms. The summed E-state index contributed by atoms with van der Waals surface area (Å²) in [6, 6.07) is 15.1. The van der Waals surface area contributed by atoms with Crippen LogP contribution in [0.2, 0.25) is 0 Å². The number of carbonyl (C=O) groups excluding carboxylic acids is 1. The molecule has 0 atom stereocenters. The van der Waals surface area contributed by atoms with Gasteiger partial charge in [0, 0.05) is 24.1 Å². The van der Waals surface area contributed by atoms with Crippen molar-refractivity contribution in [3.63, 3.8) is 0 Å². The number of rotatable bonds is 5. The lowest BCUT2D eigenvalue weighted by Crippen LogP contribution is -2.12. The Bertz CT molecular complexity index is 1200. The molecule has 0 radical (unpaired) electrons. The van der Waals surface area contributed by atoms with Crippen LogP contribution in [0.5, 0.6) is 11.5 Å². The fourth-order valence-corrected chi connectivity index (χ4v) is 3.05. The average Bonchev–Trinajstić information content (AvgIpc) is 3.17. The molecule has 7 heteroatoms. The average molecular weight is 391 g/mol. The molecule has 0 unspecified atom stereocenters. The van der Waals surface area contributed by atoms with E-state index in [-0.39, 0.29) is 17.4 Å². The van der Waals surface area contributed by atoms with Crippen molar-refractivity contribution in [2.24, 2.45) is 0 Å². The third-order valence-corrected chi connectivity index (χ3v) is 4.48. The molecule has 0 aliphatic rings. The van der Waals surface area contributed by atoms with Gasteiger partial charge in [-0.15, -0.1) is 0 Å². The first-order valence-electron chi connectivity index (χ1n) is 8.85. The quantitative estimate of drug-likeness (QED) is 0.547. The summed E-state index contributed by atoms with van der Waals surface area (Å²) in [7, 11) is 3.08. The zero-order valence-corrected chi connectivity index (χ0v) is 15.8. The van der Waals surface area contributed by atoms with E-state index in [0.29, 0.717) is 22.8 Å². The predicted octanol–water partition coefficient (Wildman–Crippen LogP) is 4.41. The largest absolute Gasteiger partial charge is 0.493 e. The van der Waals surface area contributed by atoms with Gasteiger partial charge in [-0.3, -0.25) is 4.79 Å². The first-order chi connectivity index (χ1) is 14.1. The second-order valence-electron chi connectivity index (χ2n) is 6.34. The van der Waals surface area contributed by atoms with E-state index in [1.807, 2.05) is 18.3 Å². The second kappa shape index (κ2) is 7.63. The summed E-state index contributed by atoms with van der Waals surface area (Å²) < 4.78 is 25.7. The lowest BCUT2D eigenvalue weighted by atomic mass is 10.1. The Morgan fingerprint density at radius 3 is 2.55 bits per heavy atom. The number of methoxy groups -OCH3 is 2. The van der Waals surface area contributed by atoms with Gasteiger partial charge in [0.15, 0.2) is 11.5 Å². The molecular formula is C22H18FN3O3. The Morgan fingerprint density at radius 1 is 0.966 bits per heavy atom. The number of amides is 1. The van der Waals surface area contributed by atoms with Crippen molar-refractivity contribution < 1.29 is 18.7 Å². The van der Waals surface area contributed by atoms with Gasteiger partial charge in [-0.1, -0.05) is 12.1 Å². The number of anilines is 1. The third kappa shape index (κ3) is 3.75. The fraction of sp³-hybridized carbons (Fsp3) is 0.0909. The number of ether oxygens (including phenoxy) is 2. The van der Waals surface area contributed by atoms with Crippen LogP contribution in [0.1, 0.15) is 10.5 Å². The normalized spacial score (nSPS) is 10.7. The molecule has 6 nitrogen and oxygen atoms in total. The van der Waals surface area contributed by atoms with E-state index in [9.17, 15) is 9.18 Å². The van der Waals surface area contributed by atoms with Crippen molar-refractivity contribution in [2.45, 2.75) is 0 Å². The lowest BCUT2D eigenvalue weighted by Gasteiger charge is -2.09. The number of nitrogens with zero attached hydrogens (tertiary/aromatic N) is 2. The number of nitrogens with one attached hydrogen (secondary N) is 1. The zero-order chi connectivity index (χ0) is 20.4. The molecule has 2 aromatic carbocycles. The number of pyridine rings is 1. The van der Waals surface area contributed by atoms with Crippen LogP contribution in [0.15, 0.2) is 67.0 Å². The van der Waals surface area contributed by atoms with Gasteiger partial charge in [0.2, 0.25) is 0 Å². The maximum Gasteiger partial charge on any atom is 0.275 e. The summed E-state index contributed by atoms with van der Waals surface area (Å²) in [6.45, 7) is 0. The second-order valence-corrected chi connectivity index (χ2v) is 6.34. The Labute approximate surface area is 166 Å². The summed E-state index contributed by atoms with van der Waals surface area (Å²) in [5.41, 5.74) is 3.00. The van der Waals surface area contributed by atoms with Crippen molar-refractivity contribution in [2.75, 3.05) is 19.5 Å². The predicted molar refractivity (Wildman–Crippen MR) is 108 cm³/mol. The molecule has 146 valence electrons. The number of halogens is 1. The number of hydrogen-bond acceptors (Lipinski definition) is 4. The van der Waals surface area contributed by atoms with Crippen molar-refractivity contribution in [3.05, 3.63) is 78.5 Å².